The molecule has 0 bridgehead atoms. The standard InChI is InChI=1S/C43H50FN5O5Si/c1-28(2)12-11-13-29(3)20-24-48-35-19-18-32(49-36-15-8-10-17-38(36)53-37-16-9-7-14-33(37)41(49)51)26-34(35)43(42(48)52)30(4)40(55(5,6)44)39(54-43)21-23-47-27-31(22-25-50)45-46-47/h7-10,12,14-20,26-27,30,39-40,50H,11,13,21-25H2,1-6H3/b29-20+/t30-,39+,40-,43+/m0/s1. The van der Waals surface area contributed by atoms with E-state index < -0.39 is 31.6 Å². The predicted octanol–water partition coefficient (Wildman–Crippen LogP) is 8.80. The van der Waals surface area contributed by atoms with Crippen LogP contribution in [0.4, 0.5) is 21.2 Å². The number of aliphatic hydroxyl groups is 1. The van der Waals surface area contributed by atoms with Crippen molar-refractivity contribution in [3.63, 3.8) is 0 Å². The maximum atomic E-state index is 16.7. The summed E-state index contributed by atoms with van der Waals surface area (Å²) in [4.78, 5) is 33.0. The summed E-state index contributed by atoms with van der Waals surface area (Å²) in [6.07, 6.45) is 8.07. The molecule has 7 rings (SSSR count). The Balaban J connectivity index is 1.33. The van der Waals surface area contributed by atoms with Gasteiger partial charge in [0.05, 0.1) is 28.7 Å². The second-order valence-electron chi connectivity index (χ2n) is 15.7. The molecule has 288 valence electrons. The molecule has 55 heavy (non-hydrogen) atoms. The van der Waals surface area contributed by atoms with E-state index >= 15 is 8.90 Å². The highest BCUT2D eigenvalue weighted by Gasteiger charge is 2.66. The quantitative estimate of drug-likeness (QED) is 0.0873. The number of fused-ring (bicyclic) bond motifs is 4. The van der Waals surface area contributed by atoms with Gasteiger partial charge in [-0.1, -0.05) is 59.7 Å². The number of hydrogen-bond donors (Lipinski definition) is 1. The molecule has 3 aliphatic heterocycles. The Labute approximate surface area is 323 Å². The molecule has 1 aromatic heterocycles. The third-order valence-electron chi connectivity index (χ3n) is 11.2. The molecule has 1 fully saturated rings. The van der Waals surface area contributed by atoms with Crippen molar-refractivity contribution in [3.05, 3.63) is 113 Å². The topological polar surface area (TPSA) is 110 Å². The van der Waals surface area contributed by atoms with Crippen molar-refractivity contribution in [2.24, 2.45) is 5.92 Å². The number of aliphatic hydroxyl groups excluding tert-OH is 1. The van der Waals surface area contributed by atoms with Crippen LogP contribution in [0.3, 0.4) is 0 Å². The van der Waals surface area contributed by atoms with Gasteiger partial charge in [0, 0.05) is 55.0 Å². The third-order valence-corrected chi connectivity index (χ3v) is 13.6. The molecule has 2 amide bonds. The maximum Gasteiger partial charge on any atom is 0.266 e. The highest BCUT2D eigenvalue weighted by atomic mass is 28.4. The molecule has 10 nitrogen and oxygen atoms in total. The SMILES string of the molecule is CC(C)=CCC/C(C)=C/CN1C(=O)[C@]2(O[C@H](CCn3cc(CCO)nn3)[C@@H]([Si](C)(C)F)[C@@H]2C)c2cc(N3C(=O)c4ccccc4Oc4ccccc43)ccc21. The van der Waals surface area contributed by atoms with Crippen LogP contribution >= 0.6 is 0 Å². The van der Waals surface area contributed by atoms with Crippen LogP contribution in [0.1, 0.15) is 68.6 Å². The first kappa shape index (κ1) is 38.4. The third kappa shape index (κ3) is 7.18. The molecule has 0 saturated carbocycles. The molecule has 3 aliphatic rings. The molecular weight excluding hydrogens is 714 g/mol. The number of para-hydroxylation sites is 3. The van der Waals surface area contributed by atoms with Crippen LogP contribution in [0.2, 0.25) is 18.6 Å². The number of ether oxygens (including phenoxy) is 2. The lowest BCUT2D eigenvalue weighted by Gasteiger charge is -2.31. The molecular formula is C43H50FN5O5Si. The lowest BCUT2D eigenvalue weighted by Crippen LogP contribution is -2.45. The molecule has 3 aromatic carbocycles. The number of anilines is 3. The fraction of sp³-hybridized carbons (Fsp3) is 0.395. The zero-order valence-electron chi connectivity index (χ0n) is 32.5. The summed E-state index contributed by atoms with van der Waals surface area (Å²) in [5.74, 6) is -0.0395. The number of amides is 2. The summed E-state index contributed by atoms with van der Waals surface area (Å²) in [5, 5.41) is 17.7. The monoisotopic (exact) mass is 763 g/mol. The van der Waals surface area contributed by atoms with Crippen molar-refractivity contribution < 1.29 is 28.3 Å². The summed E-state index contributed by atoms with van der Waals surface area (Å²) in [5.41, 5.74) is 3.91. The van der Waals surface area contributed by atoms with Crippen molar-refractivity contribution in [2.75, 3.05) is 23.0 Å². The van der Waals surface area contributed by atoms with E-state index in [1.54, 1.807) is 52.0 Å². The van der Waals surface area contributed by atoms with Crippen LogP contribution < -0.4 is 14.5 Å². The number of aromatic nitrogens is 3. The van der Waals surface area contributed by atoms with Crippen LogP contribution in [0.5, 0.6) is 11.5 Å². The molecule has 12 heteroatoms. The average molecular weight is 764 g/mol. The Kier molecular flexibility index (Phi) is 10.7. The number of nitrogens with zero attached hydrogens (tertiary/aromatic N) is 5. The van der Waals surface area contributed by atoms with Gasteiger partial charge in [-0.05, 0) is 95.6 Å². The van der Waals surface area contributed by atoms with Crippen molar-refractivity contribution in [3.8, 4) is 11.5 Å². The Morgan fingerprint density at radius 2 is 1.75 bits per heavy atom. The summed E-state index contributed by atoms with van der Waals surface area (Å²) in [6.45, 7) is 12.3. The number of hydrogen-bond acceptors (Lipinski definition) is 7. The Bertz CT molecular complexity index is 2160. The second-order valence-corrected chi connectivity index (χ2v) is 19.5. The Hall–Kier alpha value is -4.91. The van der Waals surface area contributed by atoms with Gasteiger partial charge >= 0.3 is 0 Å². The first-order valence-electron chi connectivity index (χ1n) is 19.2. The van der Waals surface area contributed by atoms with Gasteiger partial charge in [-0.15, -0.1) is 5.10 Å². The van der Waals surface area contributed by atoms with Gasteiger partial charge in [0.25, 0.3) is 11.8 Å². The van der Waals surface area contributed by atoms with Gasteiger partial charge < -0.3 is 23.6 Å². The number of rotatable bonds is 12. The number of allylic oxidation sites excluding steroid dienone is 3. The molecule has 1 saturated heterocycles. The van der Waals surface area contributed by atoms with Crippen LogP contribution in [0.15, 0.2) is 96.2 Å². The highest BCUT2D eigenvalue weighted by molar-refractivity contribution is 6.72. The zero-order chi connectivity index (χ0) is 39.1. The second kappa shape index (κ2) is 15.3. The Morgan fingerprint density at radius 1 is 1.00 bits per heavy atom. The van der Waals surface area contributed by atoms with E-state index in [1.165, 1.54) is 5.57 Å². The summed E-state index contributed by atoms with van der Waals surface area (Å²) in [6, 6.07) is 20.2. The van der Waals surface area contributed by atoms with Gasteiger partial charge in [0.2, 0.25) is 8.41 Å². The number of aryl methyl sites for hydroxylation is 1. The molecule has 0 aliphatic carbocycles. The van der Waals surface area contributed by atoms with E-state index in [0.29, 0.717) is 71.3 Å². The van der Waals surface area contributed by atoms with Crippen LogP contribution in [0.25, 0.3) is 0 Å². The molecule has 4 aromatic rings. The molecule has 1 spiro atoms. The minimum absolute atomic E-state index is 0.0352. The minimum Gasteiger partial charge on any atom is -0.454 e. The fourth-order valence-corrected chi connectivity index (χ4v) is 11.1. The van der Waals surface area contributed by atoms with E-state index in [4.69, 9.17) is 9.47 Å². The van der Waals surface area contributed by atoms with Gasteiger partial charge in [-0.2, -0.15) is 0 Å². The van der Waals surface area contributed by atoms with Crippen LogP contribution in [-0.2, 0) is 28.1 Å². The number of halogens is 1. The molecule has 4 atom stereocenters. The summed E-state index contributed by atoms with van der Waals surface area (Å²) in [7, 11) is -3.45. The van der Waals surface area contributed by atoms with Gasteiger partial charge in [-0.3, -0.25) is 19.2 Å². The van der Waals surface area contributed by atoms with E-state index in [2.05, 4.69) is 43.2 Å². The highest BCUT2D eigenvalue weighted by Crippen LogP contribution is 2.61. The van der Waals surface area contributed by atoms with Crippen LogP contribution in [0, 0.1) is 5.92 Å². The van der Waals surface area contributed by atoms with Gasteiger partial charge in [0.1, 0.15) is 5.75 Å². The van der Waals surface area contributed by atoms with E-state index in [-0.39, 0.29) is 18.4 Å². The fourth-order valence-electron chi connectivity index (χ4n) is 8.56. The predicted molar refractivity (Wildman–Crippen MR) is 214 cm³/mol. The Morgan fingerprint density at radius 3 is 2.49 bits per heavy atom. The van der Waals surface area contributed by atoms with Crippen molar-refractivity contribution >= 4 is 37.3 Å². The van der Waals surface area contributed by atoms with E-state index in [1.807, 2.05) is 55.5 Å². The normalized spacial score (nSPS) is 22.0. The largest absolute Gasteiger partial charge is 0.454 e. The van der Waals surface area contributed by atoms with Crippen molar-refractivity contribution in [1.29, 1.82) is 0 Å². The first-order valence-corrected chi connectivity index (χ1v) is 22.1. The van der Waals surface area contributed by atoms with Crippen molar-refractivity contribution in [1.82, 2.24) is 15.0 Å². The molecule has 4 heterocycles. The smallest absolute Gasteiger partial charge is 0.266 e. The average Bonchev–Trinajstić information content (AvgIpc) is 3.76. The maximum absolute atomic E-state index is 16.7. The lowest BCUT2D eigenvalue weighted by atomic mass is 9.82. The number of carbonyl (C=O) groups is 2. The first-order chi connectivity index (χ1) is 26.3. The van der Waals surface area contributed by atoms with E-state index in [9.17, 15) is 9.90 Å². The minimum atomic E-state index is -3.45. The lowest BCUT2D eigenvalue weighted by molar-refractivity contribution is -0.145. The molecule has 0 radical (unpaired) electrons. The van der Waals surface area contributed by atoms with Crippen LogP contribution in [-0.4, -0.2) is 59.6 Å². The molecule has 0 unspecified atom stereocenters. The summed E-state index contributed by atoms with van der Waals surface area (Å²) < 4.78 is 31.7. The van der Waals surface area contributed by atoms with E-state index in [0.717, 1.165) is 18.4 Å². The van der Waals surface area contributed by atoms with Crippen molar-refractivity contribution in [2.45, 2.75) is 90.3 Å². The van der Waals surface area contributed by atoms with Gasteiger partial charge in [0.15, 0.2) is 11.4 Å². The number of benzene rings is 3. The summed E-state index contributed by atoms with van der Waals surface area (Å²) >= 11 is 0. The number of carbonyl (C=O) groups excluding carboxylic acids is 2. The zero-order valence-corrected chi connectivity index (χ0v) is 33.5. The van der Waals surface area contributed by atoms with Gasteiger partial charge in [-0.25, -0.2) is 0 Å². The molecule has 1 N–H and O–H groups in total.